The van der Waals surface area contributed by atoms with E-state index in [1.165, 1.54) is 0 Å². The molecule has 0 bridgehead atoms. The predicted molar refractivity (Wildman–Crippen MR) is 83.7 cm³/mol. The van der Waals surface area contributed by atoms with E-state index in [2.05, 4.69) is 17.6 Å². The van der Waals surface area contributed by atoms with Gasteiger partial charge in [-0.05, 0) is 38.5 Å². The molecule has 1 rings (SSSR count). The number of hydrogen-bond donors (Lipinski definition) is 2. The van der Waals surface area contributed by atoms with Gasteiger partial charge in [-0.1, -0.05) is 18.5 Å². The maximum Gasteiger partial charge on any atom is 0.253 e. The fraction of sp³-hybridized carbons (Fsp3) is 0.533. The van der Waals surface area contributed by atoms with Crippen molar-refractivity contribution in [1.29, 1.82) is 0 Å². The average Bonchev–Trinajstić information content (AvgIpc) is 2.36. The highest BCUT2D eigenvalue weighted by atomic mass is 35.5. The van der Waals surface area contributed by atoms with Crippen LogP contribution in [0.5, 0.6) is 0 Å². The molecule has 0 aromatic heterocycles. The molecule has 0 saturated heterocycles. The highest BCUT2D eigenvalue weighted by molar-refractivity contribution is 6.31. The quantitative estimate of drug-likeness (QED) is 0.812. The van der Waals surface area contributed by atoms with Crippen LogP contribution in [0.3, 0.4) is 0 Å². The molecule has 20 heavy (non-hydrogen) atoms. The third-order valence-electron chi connectivity index (χ3n) is 2.75. The summed E-state index contributed by atoms with van der Waals surface area (Å²) in [5, 5.41) is 6.74. The SMILES string of the molecule is CCCNc1ccc(Cl)cc1C(=O)NC(C)(C)COC. The molecule has 0 spiro atoms. The van der Waals surface area contributed by atoms with Crippen LogP contribution >= 0.6 is 11.6 Å². The molecule has 5 heteroatoms. The normalized spacial score (nSPS) is 11.2. The second-order valence-electron chi connectivity index (χ2n) is 5.39. The number of nitrogens with one attached hydrogen (secondary N) is 2. The van der Waals surface area contributed by atoms with E-state index in [1.54, 1.807) is 19.2 Å². The van der Waals surface area contributed by atoms with Crippen LogP contribution < -0.4 is 10.6 Å². The fourth-order valence-electron chi connectivity index (χ4n) is 1.89. The van der Waals surface area contributed by atoms with E-state index in [-0.39, 0.29) is 5.91 Å². The molecular formula is C15H23ClN2O2. The Morgan fingerprint density at radius 3 is 2.70 bits per heavy atom. The van der Waals surface area contributed by atoms with Crippen LogP contribution in [-0.4, -0.2) is 31.7 Å². The monoisotopic (exact) mass is 298 g/mol. The largest absolute Gasteiger partial charge is 0.384 e. The maximum atomic E-state index is 12.4. The Hall–Kier alpha value is -1.26. The Bertz CT molecular complexity index is 461. The van der Waals surface area contributed by atoms with Crippen molar-refractivity contribution in [2.24, 2.45) is 0 Å². The molecule has 0 fully saturated rings. The minimum absolute atomic E-state index is 0.159. The van der Waals surface area contributed by atoms with Crippen LogP contribution in [-0.2, 0) is 4.74 Å². The van der Waals surface area contributed by atoms with Crippen LogP contribution in [0.15, 0.2) is 18.2 Å². The van der Waals surface area contributed by atoms with Crippen molar-refractivity contribution < 1.29 is 9.53 Å². The van der Waals surface area contributed by atoms with Gasteiger partial charge in [0.25, 0.3) is 5.91 Å². The number of halogens is 1. The van der Waals surface area contributed by atoms with Gasteiger partial charge in [-0.25, -0.2) is 0 Å². The highest BCUT2D eigenvalue weighted by Crippen LogP contribution is 2.21. The van der Waals surface area contributed by atoms with Gasteiger partial charge in [0.1, 0.15) is 0 Å². The molecule has 0 saturated carbocycles. The van der Waals surface area contributed by atoms with Crippen molar-refractivity contribution in [3.63, 3.8) is 0 Å². The van der Waals surface area contributed by atoms with E-state index in [9.17, 15) is 4.79 Å². The third-order valence-corrected chi connectivity index (χ3v) is 2.98. The van der Waals surface area contributed by atoms with Crippen molar-refractivity contribution in [3.8, 4) is 0 Å². The van der Waals surface area contributed by atoms with Crippen LogP contribution in [0.1, 0.15) is 37.6 Å². The summed E-state index contributed by atoms with van der Waals surface area (Å²) in [4.78, 5) is 12.4. The topological polar surface area (TPSA) is 50.4 Å². The summed E-state index contributed by atoms with van der Waals surface area (Å²) in [5.41, 5.74) is 0.910. The number of amides is 1. The Balaban J connectivity index is 2.93. The lowest BCUT2D eigenvalue weighted by Gasteiger charge is -2.26. The number of benzene rings is 1. The van der Waals surface area contributed by atoms with E-state index in [0.29, 0.717) is 17.2 Å². The Labute approximate surface area is 125 Å². The zero-order valence-electron chi connectivity index (χ0n) is 12.5. The van der Waals surface area contributed by atoms with Crippen molar-refractivity contribution in [3.05, 3.63) is 28.8 Å². The van der Waals surface area contributed by atoms with Gasteiger partial charge in [0.05, 0.1) is 17.7 Å². The summed E-state index contributed by atoms with van der Waals surface area (Å²) in [6.45, 7) is 7.15. The van der Waals surface area contributed by atoms with E-state index in [4.69, 9.17) is 16.3 Å². The number of methoxy groups -OCH3 is 1. The van der Waals surface area contributed by atoms with Gasteiger partial charge in [-0.3, -0.25) is 4.79 Å². The van der Waals surface area contributed by atoms with Crippen LogP contribution in [0.25, 0.3) is 0 Å². The summed E-state index contributed by atoms with van der Waals surface area (Å²) >= 11 is 5.99. The minimum atomic E-state index is -0.434. The van der Waals surface area contributed by atoms with Gasteiger partial charge in [-0.15, -0.1) is 0 Å². The Kier molecular flexibility index (Phi) is 6.30. The van der Waals surface area contributed by atoms with Crippen LogP contribution in [0, 0.1) is 0 Å². The predicted octanol–water partition coefficient (Wildman–Crippen LogP) is 3.32. The van der Waals surface area contributed by atoms with Crippen LogP contribution in [0.4, 0.5) is 5.69 Å². The van der Waals surface area contributed by atoms with E-state index < -0.39 is 5.54 Å². The second-order valence-corrected chi connectivity index (χ2v) is 5.82. The summed E-state index contributed by atoms with van der Waals surface area (Å²) in [7, 11) is 1.61. The van der Waals surface area contributed by atoms with Gasteiger partial charge in [0, 0.05) is 24.4 Å². The molecule has 0 aliphatic carbocycles. The molecule has 2 N–H and O–H groups in total. The summed E-state index contributed by atoms with van der Waals surface area (Å²) < 4.78 is 5.11. The molecule has 1 aromatic rings. The van der Waals surface area contributed by atoms with Crippen molar-refractivity contribution in [1.82, 2.24) is 5.32 Å². The zero-order valence-corrected chi connectivity index (χ0v) is 13.3. The van der Waals surface area contributed by atoms with Gasteiger partial charge in [0.2, 0.25) is 0 Å². The van der Waals surface area contributed by atoms with Gasteiger partial charge >= 0.3 is 0 Å². The molecule has 0 unspecified atom stereocenters. The highest BCUT2D eigenvalue weighted by Gasteiger charge is 2.22. The van der Waals surface area contributed by atoms with Crippen molar-refractivity contribution in [2.45, 2.75) is 32.7 Å². The van der Waals surface area contributed by atoms with Gasteiger partial charge in [-0.2, -0.15) is 0 Å². The number of hydrogen-bond acceptors (Lipinski definition) is 3. The molecule has 0 atom stereocenters. The molecule has 4 nitrogen and oxygen atoms in total. The molecule has 0 aliphatic rings. The number of rotatable bonds is 7. The lowest BCUT2D eigenvalue weighted by molar-refractivity contribution is 0.0820. The number of anilines is 1. The molecule has 0 radical (unpaired) electrons. The summed E-state index contributed by atoms with van der Waals surface area (Å²) in [6, 6.07) is 5.28. The fourth-order valence-corrected chi connectivity index (χ4v) is 2.06. The smallest absolute Gasteiger partial charge is 0.253 e. The summed E-state index contributed by atoms with van der Waals surface area (Å²) in [5.74, 6) is -0.159. The molecule has 112 valence electrons. The van der Waals surface area contributed by atoms with Crippen LogP contribution in [0.2, 0.25) is 5.02 Å². The summed E-state index contributed by atoms with van der Waals surface area (Å²) in [6.07, 6.45) is 0.985. The number of ether oxygens (including phenoxy) is 1. The molecular weight excluding hydrogens is 276 g/mol. The molecule has 0 aliphatic heterocycles. The zero-order chi connectivity index (χ0) is 15.2. The lowest BCUT2D eigenvalue weighted by atomic mass is 10.1. The number of carbonyl (C=O) groups is 1. The first-order valence-corrected chi connectivity index (χ1v) is 7.12. The average molecular weight is 299 g/mol. The lowest BCUT2D eigenvalue weighted by Crippen LogP contribution is -2.46. The second kappa shape index (κ2) is 7.50. The maximum absolute atomic E-state index is 12.4. The third kappa shape index (κ3) is 5.02. The molecule has 0 heterocycles. The molecule has 1 amide bonds. The van der Waals surface area contributed by atoms with E-state index in [1.807, 2.05) is 19.9 Å². The van der Waals surface area contributed by atoms with E-state index in [0.717, 1.165) is 18.7 Å². The minimum Gasteiger partial charge on any atom is -0.384 e. The number of carbonyl (C=O) groups excluding carboxylic acids is 1. The van der Waals surface area contributed by atoms with Crippen molar-refractivity contribution in [2.75, 3.05) is 25.6 Å². The first kappa shape index (κ1) is 16.8. The van der Waals surface area contributed by atoms with Gasteiger partial charge in [0.15, 0.2) is 0 Å². The van der Waals surface area contributed by atoms with Crippen molar-refractivity contribution >= 4 is 23.2 Å². The van der Waals surface area contributed by atoms with E-state index >= 15 is 0 Å². The Morgan fingerprint density at radius 1 is 1.40 bits per heavy atom. The first-order chi connectivity index (χ1) is 9.39. The molecule has 1 aromatic carbocycles. The van der Waals surface area contributed by atoms with Gasteiger partial charge < -0.3 is 15.4 Å². The first-order valence-electron chi connectivity index (χ1n) is 6.74. The Morgan fingerprint density at radius 2 is 2.10 bits per heavy atom. The standard InChI is InChI=1S/C15H23ClN2O2/c1-5-8-17-13-7-6-11(16)9-12(13)14(19)18-15(2,3)10-20-4/h6-7,9,17H,5,8,10H2,1-4H3,(H,18,19).